The molecule has 0 aliphatic heterocycles. The first-order chi connectivity index (χ1) is 13.8. The van der Waals surface area contributed by atoms with Crippen molar-refractivity contribution in [1.29, 1.82) is 0 Å². The summed E-state index contributed by atoms with van der Waals surface area (Å²) in [5.74, 6) is 1.75. The molecule has 2 aromatic carbocycles. The maximum absolute atomic E-state index is 12.3. The van der Waals surface area contributed by atoms with Crippen LogP contribution in [0.5, 0.6) is 5.75 Å². The Morgan fingerprint density at radius 3 is 2.69 bits per heavy atom. The molecule has 0 atom stereocenters. The van der Waals surface area contributed by atoms with E-state index in [1.165, 1.54) is 11.8 Å². The maximum Gasteiger partial charge on any atom is 0.234 e. The Morgan fingerprint density at radius 1 is 1.10 bits per heavy atom. The van der Waals surface area contributed by atoms with Gasteiger partial charge in [-0.05, 0) is 62.1 Å². The molecule has 7 heteroatoms. The normalized spacial score (nSPS) is 10.8. The van der Waals surface area contributed by atoms with Gasteiger partial charge in [-0.3, -0.25) is 4.79 Å². The number of ether oxygens (including phenoxy) is 1. The number of hydrogen-bond donors (Lipinski definition) is 1. The summed E-state index contributed by atoms with van der Waals surface area (Å²) < 4.78 is 7.78. The van der Waals surface area contributed by atoms with Crippen LogP contribution in [0.2, 0.25) is 0 Å². The van der Waals surface area contributed by atoms with E-state index in [1.54, 1.807) is 0 Å². The number of thioether (sulfide) groups is 1. The fourth-order valence-electron chi connectivity index (χ4n) is 2.80. The third-order valence-corrected chi connectivity index (χ3v) is 5.86. The second kappa shape index (κ2) is 9.13. The van der Waals surface area contributed by atoms with E-state index in [2.05, 4.69) is 21.6 Å². The highest BCUT2D eigenvalue weighted by Crippen LogP contribution is 2.22. The van der Waals surface area contributed by atoms with E-state index >= 15 is 0 Å². The number of nitrogens with zero attached hydrogens (tertiary/aromatic N) is 3. The number of hydrogen-bond acceptors (Lipinski definition) is 5. The van der Waals surface area contributed by atoms with Gasteiger partial charge in [0.05, 0.1) is 5.75 Å². The lowest BCUT2D eigenvalue weighted by molar-refractivity contribution is -0.113. The van der Waals surface area contributed by atoms with Crippen molar-refractivity contribution < 1.29 is 9.53 Å². The van der Waals surface area contributed by atoms with Crippen molar-refractivity contribution in [2.75, 3.05) is 11.1 Å². The summed E-state index contributed by atoms with van der Waals surface area (Å²) in [5, 5.41) is 12.0. The average molecular weight is 411 g/mol. The number of anilines is 1. The zero-order chi connectivity index (χ0) is 21.0. The molecular weight excluding hydrogens is 384 g/mol. The van der Waals surface area contributed by atoms with Gasteiger partial charge in [0.25, 0.3) is 0 Å². The van der Waals surface area contributed by atoms with Crippen molar-refractivity contribution >= 4 is 23.4 Å². The van der Waals surface area contributed by atoms with Gasteiger partial charge in [-0.25, -0.2) is 0 Å². The second-order valence-corrected chi connectivity index (χ2v) is 8.04. The van der Waals surface area contributed by atoms with Crippen LogP contribution in [0.3, 0.4) is 0 Å². The fraction of sp³-hybridized carbons (Fsp3) is 0.318. The Balaban J connectivity index is 1.57. The minimum atomic E-state index is -0.0696. The zero-order valence-corrected chi connectivity index (χ0v) is 18.3. The summed E-state index contributed by atoms with van der Waals surface area (Å²) >= 11 is 1.35. The molecular formula is C22H26N4O2S. The highest BCUT2D eigenvalue weighted by atomic mass is 32.2. The molecule has 0 fully saturated rings. The Hall–Kier alpha value is -2.80. The summed E-state index contributed by atoms with van der Waals surface area (Å²) in [6.45, 7) is 8.40. The van der Waals surface area contributed by atoms with Gasteiger partial charge in [-0.15, -0.1) is 10.2 Å². The van der Waals surface area contributed by atoms with E-state index in [1.807, 2.05) is 69.6 Å². The number of aromatic nitrogens is 3. The van der Waals surface area contributed by atoms with Gasteiger partial charge in [0, 0.05) is 12.7 Å². The maximum atomic E-state index is 12.3. The number of aryl methyl sites for hydroxylation is 3. The average Bonchev–Trinajstić information content (AvgIpc) is 3.04. The smallest absolute Gasteiger partial charge is 0.234 e. The lowest BCUT2D eigenvalue weighted by Crippen LogP contribution is -2.15. The van der Waals surface area contributed by atoms with Crippen LogP contribution in [-0.4, -0.2) is 26.4 Å². The van der Waals surface area contributed by atoms with Crippen molar-refractivity contribution in [3.8, 4) is 5.75 Å². The van der Waals surface area contributed by atoms with Gasteiger partial charge < -0.3 is 14.6 Å². The van der Waals surface area contributed by atoms with E-state index < -0.39 is 0 Å². The summed E-state index contributed by atoms with van der Waals surface area (Å²) in [5.41, 5.74) is 5.30. The Morgan fingerprint density at radius 2 is 1.90 bits per heavy atom. The lowest BCUT2D eigenvalue weighted by Gasteiger charge is -2.10. The molecule has 3 aromatic rings. The Kier molecular flexibility index (Phi) is 6.59. The van der Waals surface area contributed by atoms with Crippen molar-refractivity contribution in [2.24, 2.45) is 7.05 Å². The van der Waals surface area contributed by atoms with E-state index in [9.17, 15) is 4.79 Å². The third kappa shape index (κ3) is 5.17. The number of benzene rings is 2. The summed E-state index contributed by atoms with van der Waals surface area (Å²) in [4.78, 5) is 12.3. The van der Waals surface area contributed by atoms with Crippen LogP contribution < -0.4 is 10.1 Å². The molecule has 1 heterocycles. The van der Waals surface area contributed by atoms with Gasteiger partial charge in [0.2, 0.25) is 5.91 Å². The van der Waals surface area contributed by atoms with Crippen molar-refractivity contribution in [2.45, 2.75) is 39.5 Å². The monoisotopic (exact) mass is 410 g/mol. The summed E-state index contributed by atoms with van der Waals surface area (Å²) in [7, 11) is 1.88. The molecule has 1 aromatic heterocycles. The Bertz CT molecular complexity index is 1030. The molecule has 0 aliphatic rings. The van der Waals surface area contributed by atoms with Crippen LogP contribution in [0.25, 0.3) is 0 Å². The molecule has 1 amide bonds. The predicted octanol–water partition coefficient (Wildman–Crippen LogP) is 4.36. The SMILES string of the molecule is Cc1ccc(C)c(OCc2nnc(SCC(=O)Nc3cccc(C)c3C)n2C)c1. The number of rotatable bonds is 7. The second-order valence-electron chi connectivity index (χ2n) is 7.10. The molecule has 152 valence electrons. The molecule has 0 saturated carbocycles. The van der Waals surface area contributed by atoms with Gasteiger partial charge in [-0.1, -0.05) is 36.0 Å². The minimum absolute atomic E-state index is 0.0696. The highest BCUT2D eigenvalue weighted by molar-refractivity contribution is 7.99. The van der Waals surface area contributed by atoms with Crippen LogP contribution >= 0.6 is 11.8 Å². The standard InChI is InChI=1S/C22H26N4O2S/c1-14-9-10-16(3)19(11-14)28-12-20-24-25-22(26(20)5)29-13-21(27)23-18-8-6-7-15(2)17(18)4/h6-11H,12-13H2,1-5H3,(H,23,27). The molecule has 0 saturated heterocycles. The number of nitrogens with one attached hydrogen (secondary N) is 1. The van der Waals surface area contributed by atoms with E-state index in [0.717, 1.165) is 33.7 Å². The molecule has 0 unspecified atom stereocenters. The number of carbonyl (C=O) groups excluding carboxylic acids is 1. The first-order valence-electron chi connectivity index (χ1n) is 9.42. The van der Waals surface area contributed by atoms with Crippen molar-refractivity contribution in [3.63, 3.8) is 0 Å². The van der Waals surface area contributed by atoms with E-state index in [4.69, 9.17) is 4.74 Å². The minimum Gasteiger partial charge on any atom is -0.485 e. The molecule has 0 bridgehead atoms. The Labute approximate surface area is 175 Å². The third-order valence-electron chi connectivity index (χ3n) is 4.84. The first kappa shape index (κ1) is 20.9. The van der Waals surface area contributed by atoms with Gasteiger partial charge in [-0.2, -0.15) is 0 Å². The first-order valence-corrected chi connectivity index (χ1v) is 10.4. The van der Waals surface area contributed by atoms with Crippen molar-refractivity contribution in [1.82, 2.24) is 14.8 Å². The molecule has 0 aliphatic carbocycles. The number of carbonyl (C=O) groups is 1. The zero-order valence-electron chi connectivity index (χ0n) is 17.4. The predicted molar refractivity (Wildman–Crippen MR) is 117 cm³/mol. The van der Waals surface area contributed by atoms with Crippen LogP contribution in [0.1, 0.15) is 28.1 Å². The fourth-order valence-corrected chi connectivity index (χ4v) is 3.53. The van der Waals surface area contributed by atoms with Crippen LogP contribution in [-0.2, 0) is 18.4 Å². The quantitative estimate of drug-likeness (QED) is 0.586. The largest absolute Gasteiger partial charge is 0.485 e. The highest BCUT2D eigenvalue weighted by Gasteiger charge is 2.13. The lowest BCUT2D eigenvalue weighted by atomic mass is 10.1. The molecule has 1 N–H and O–H groups in total. The molecule has 6 nitrogen and oxygen atoms in total. The molecule has 3 rings (SSSR count). The summed E-state index contributed by atoms with van der Waals surface area (Å²) in [6.07, 6.45) is 0. The molecule has 0 radical (unpaired) electrons. The van der Waals surface area contributed by atoms with Crippen molar-refractivity contribution in [3.05, 3.63) is 64.5 Å². The van der Waals surface area contributed by atoms with E-state index in [-0.39, 0.29) is 11.7 Å². The molecule has 29 heavy (non-hydrogen) atoms. The van der Waals surface area contributed by atoms with Gasteiger partial charge in [0.1, 0.15) is 12.4 Å². The topological polar surface area (TPSA) is 69.0 Å². The van der Waals surface area contributed by atoms with E-state index in [0.29, 0.717) is 17.6 Å². The van der Waals surface area contributed by atoms with Crippen LogP contribution in [0, 0.1) is 27.7 Å². The number of amides is 1. The van der Waals surface area contributed by atoms with Crippen LogP contribution in [0.15, 0.2) is 41.6 Å². The summed E-state index contributed by atoms with van der Waals surface area (Å²) in [6, 6.07) is 12.0. The molecule has 0 spiro atoms. The van der Waals surface area contributed by atoms with Crippen LogP contribution in [0.4, 0.5) is 5.69 Å². The van der Waals surface area contributed by atoms with Gasteiger partial charge >= 0.3 is 0 Å². The van der Waals surface area contributed by atoms with Gasteiger partial charge in [0.15, 0.2) is 11.0 Å².